The zero-order valence-corrected chi connectivity index (χ0v) is 9.50. The van der Waals surface area contributed by atoms with Crippen LogP contribution in [0, 0.1) is 5.82 Å². The van der Waals surface area contributed by atoms with Gasteiger partial charge < -0.3 is 4.57 Å². The van der Waals surface area contributed by atoms with Gasteiger partial charge in [-0.25, -0.2) is 9.37 Å². The highest BCUT2D eigenvalue weighted by Gasteiger charge is 2.16. The molecule has 2 rings (SSSR count). The third-order valence-electron chi connectivity index (χ3n) is 2.63. The first-order valence-corrected chi connectivity index (χ1v) is 5.00. The summed E-state index contributed by atoms with van der Waals surface area (Å²) in [6.45, 7) is 6.28. The third kappa shape index (κ3) is 1.62. The zero-order valence-electron chi connectivity index (χ0n) is 9.50. The quantitative estimate of drug-likeness (QED) is 0.648. The fourth-order valence-corrected chi connectivity index (χ4v) is 1.63. The molecule has 0 saturated carbocycles. The van der Waals surface area contributed by atoms with Crippen molar-refractivity contribution in [3.8, 4) is 0 Å². The first-order chi connectivity index (χ1) is 6.89. The second kappa shape index (κ2) is 3.05. The van der Waals surface area contributed by atoms with Crippen molar-refractivity contribution >= 4 is 11.0 Å². The van der Waals surface area contributed by atoms with E-state index in [9.17, 15) is 4.39 Å². The van der Waals surface area contributed by atoms with Gasteiger partial charge in [0, 0.05) is 19.4 Å². The second-order valence-corrected chi connectivity index (χ2v) is 4.93. The molecule has 0 spiro atoms. The highest BCUT2D eigenvalue weighted by atomic mass is 19.1. The maximum Gasteiger partial charge on any atom is 0.150 e. The van der Waals surface area contributed by atoms with Gasteiger partial charge in [-0.15, -0.1) is 0 Å². The van der Waals surface area contributed by atoms with Crippen LogP contribution in [0.3, 0.4) is 0 Å². The maximum absolute atomic E-state index is 13.5. The van der Waals surface area contributed by atoms with Crippen molar-refractivity contribution in [2.75, 3.05) is 0 Å². The number of nitrogens with zero attached hydrogens (tertiary/aromatic N) is 2. The Morgan fingerprint density at radius 1 is 1.33 bits per heavy atom. The summed E-state index contributed by atoms with van der Waals surface area (Å²) in [5.41, 5.74) is 1.75. The Balaban J connectivity index is 2.71. The summed E-state index contributed by atoms with van der Waals surface area (Å²) >= 11 is 0. The van der Waals surface area contributed by atoms with Gasteiger partial charge in [-0.1, -0.05) is 20.8 Å². The average molecular weight is 206 g/mol. The molecule has 2 aromatic heterocycles. The molecule has 0 saturated heterocycles. The molecule has 0 radical (unpaired) electrons. The van der Waals surface area contributed by atoms with Gasteiger partial charge in [-0.3, -0.25) is 0 Å². The van der Waals surface area contributed by atoms with Crippen molar-refractivity contribution in [2.45, 2.75) is 26.2 Å². The topological polar surface area (TPSA) is 17.8 Å². The molecule has 2 nitrogen and oxygen atoms in total. The van der Waals surface area contributed by atoms with Gasteiger partial charge in [0.25, 0.3) is 0 Å². The predicted molar refractivity (Wildman–Crippen MR) is 59.4 cm³/mol. The number of hydrogen-bond acceptors (Lipinski definition) is 1. The number of pyridine rings is 1. The molecule has 0 atom stereocenters. The van der Waals surface area contributed by atoms with Gasteiger partial charge in [-0.05, 0) is 17.0 Å². The van der Waals surface area contributed by atoms with E-state index in [2.05, 4.69) is 25.8 Å². The summed E-state index contributed by atoms with van der Waals surface area (Å²) < 4.78 is 15.2. The number of fused-ring (bicyclic) bond motifs is 1. The van der Waals surface area contributed by atoms with Crippen LogP contribution in [0.4, 0.5) is 4.39 Å². The molecule has 0 aliphatic carbocycles. The molecule has 3 heteroatoms. The third-order valence-corrected chi connectivity index (χ3v) is 2.63. The molecule has 80 valence electrons. The van der Waals surface area contributed by atoms with Crippen LogP contribution in [0.2, 0.25) is 0 Å². The first kappa shape index (κ1) is 10.1. The Morgan fingerprint density at radius 3 is 2.60 bits per heavy atom. The summed E-state index contributed by atoms with van der Waals surface area (Å²) in [5, 5.41) is 0.602. The van der Waals surface area contributed by atoms with Crippen LogP contribution < -0.4 is 0 Å². The highest BCUT2D eigenvalue weighted by molar-refractivity contribution is 5.77. The second-order valence-electron chi connectivity index (χ2n) is 4.93. The smallest absolute Gasteiger partial charge is 0.150 e. The molecule has 0 bridgehead atoms. The number of aryl methyl sites for hydroxylation is 1. The lowest BCUT2D eigenvalue weighted by Crippen LogP contribution is -2.11. The summed E-state index contributed by atoms with van der Waals surface area (Å²) in [4.78, 5) is 4.29. The molecular weight excluding hydrogens is 191 g/mol. The number of hydrogen-bond donors (Lipinski definition) is 0. The van der Waals surface area contributed by atoms with Crippen molar-refractivity contribution < 1.29 is 4.39 Å². The van der Waals surface area contributed by atoms with Crippen LogP contribution in [-0.2, 0) is 12.5 Å². The standard InChI is InChI=1S/C12H15FN2/c1-12(2,3)8-5-9-10(13)7-15(4)11(9)14-6-8/h5-7H,1-4H3. The van der Waals surface area contributed by atoms with Gasteiger partial charge >= 0.3 is 0 Å². The SMILES string of the molecule is Cn1cc(F)c2cc(C(C)(C)C)cnc21. The van der Waals surface area contributed by atoms with E-state index in [1.54, 1.807) is 11.6 Å². The van der Waals surface area contributed by atoms with E-state index in [4.69, 9.17) is 0 Å². The Bertz CT molecular complexity index is 506. The minimum atomic E-state index is -0.203. The van der Waals surface area contributed by atoms with Crippen molar-refractivity contribution in [3.63, 3.8) is 0 Å². The zero-order chi connectivity index (χ0) is 11.2. The summed E-state index contributed by atoms with van der Waals surface area (Å²) in [6.07, 6.45) is 3.28. The first-order valence-electron chi connectivity index (χ1n) is 5.00. The largest absolute Gasteiger partial charge is 0.333 e. The average Bonchev–Trinajstić information content (AvgIpc) is 2.41. The van der Waals surface area contributed by atoms with E-state index in [0.717, 1.165) is 5.56 Å². The molecule has 2 aromatic rings. The minimum absolute atomic E-state index is 0.00344. The van der Waals surface area contributed by atoms with E-state index in [0.29, 0.717) is 11.0 Å². The molecule has 0 aliphatic rings. The van der Waals surface area contributed by atoms with Gasteiger partial charge in [0.2, 0.25) is 0 Å². The molecule has 2 heterocycles. The number of rotatable bonds is 0. The lowest BCUT2D eigenvalue weighted by atomic mass is 9.88. The molecular formula is C12H15FN2. The van der Waals surface area contributed by atoms with Gasteiger partial charge in [-0.2, -0.15) is 0 Å². The van der Waals surface area contributed by atoms with Gasteiger partial charge in [0.05, 0.1) is 5.39 Å². The van der Waals surface area contributed by atoms with E-state index < -0.39 is 0 Å². The molecule has 15 heavy (non-hydrogen) atoms. The number of halogens is 1. The van der Waals surface area contributed by atoms with Crippen LogP contribution in [0.25, 0.3) is 11.0 Å². The van der Waals surface area contributed by atoms with Crippen molar-refractivity contribution in [2.24, 2.45) is 7.05 Å². The van der Waals surface area contributed by atoms with Crippen LogP contribution in [0.1, 0.15) is 26.3 Å². The Morgan fingerprint density at radius 2 is 2.00 bits per heavy atom. The van der Waals surface area contributed by atoms with Crippen LogP contribution >= 0.6 is 0 Å². The molecule has 0 aliphatic heterocycles. The fraction of sp³-hybridized carbons (Fsp3) is 0.417. The highest BCUT2D eigenvalue weighted by Crippen LogP contribution is 2.26. The Kier molecular flexibility index (Phi) is 2.07. The fourth-order valence-electron chi connectivity index (χ4n) is 1.63. The van der Waals surface area contributed by atoms with E-state index in [1.807, 2.05) is 12.3 Å². The van der Waals surface area contributed by atoms with Crippen molar-refractivity contribution in [1.29, 1.82) is 0 Å². The van der Waals surface area contributed by atoms with Crippen LogP contribution in [0.5, 0.6) is 0 Å². The van der Waals surface area contributed by atoms with Crippen LogP contribution in [-0.4, -0.2) is 9.55 Å². The van der Waals surface area contributed by atoms with Crippen LogP contribution in [0.15, 0.2) is 18.5 Å². The summed E-state index contributed by atoms with van der Waals surface area (Å²) in [5.74, 6) is -0.203. The predicted octanol–water partition coefficient (Wildman–Crippen LogP) is 3.01. The summed E-state index contributed by atoms with van der Waals surface area (Å²) in [7, 11) is 1.80. The van der Waals surface area contributed by atoms with E-state index in [1.165, 1.54) is 6.20 Å². The number of aromatic nitrogens is 2. The minimum Gasteiger partial charge on any atom is -0.333 e. The Labute approximate surface area is 88.7 Å². The molecule has 0 N–H and O–H groups in total. The maximum atomic E-state index is 13.5. The molecule has 0 amide bonds. The monoisotopic (exact) mass is 206 g/mol. The molecule has 0 unspecified atom stereocenters. The van der Waals surface area contributed by atoms with Crippen molar-refractivity contribution in [3.05, 3.63) is 29.8 Å². The lowest BCUT2D eigenvalue weighted by molar-refractivity contribution is 0.588. The van der Waals surface area contributed by atoms with E-state index in [-0.39, 0.29) is 11.2 Å². The van der Waals surface area contributed by atoms with Gasteiger partial charge in [0.1, 0.15) is 11.5 Å². The van der Waals surface area contributed by atoms with Crippen molar-refractivity contribution in [1.82, 2.24) is 9.55 Å². The summed E-state index contributed by atoms with van der Waals surface area (Å²) in [6, 6.07) is 1.89. The molecule has 0 fully saturated rings. The lowest BCUT2D eigenvalue weighted by Gasteiger charge is -2.18. The normalized spacial score (nSPS) is 12.3. The van der Waals surface area contributed by atoms with Gasteiger partial charge in [0.15, 0.2) is 0 Å². The van der Waals surface area contributed by atoms with E-state index >= 15 is 0 Å². The molecule has 0 aromatic carbocycles. The Hall–Kier alpha value is -1.38.